The number of nitrogens with one attached hydrogen (secondary N) is 2. The summed E-state index contributed by atoms with van der Waals surface area (Å²) < 4.78 is 23.4. The first-order valence-corrected chi connectivity index (χ1v) is 18.8. The van der Waals surface area contributed by atoms with Gasteiger partial charge in [-0.25, -0.2) is 19.6 Å². The number of aromatic nitrogens is 4. The van der Waals surface area contributed by atoms with Gasteiger partial charge in [0.15, 0.2) is 0 Å². The Morgan fingerprint density at radius 1 is 0.887 bits per heavy atom. The molecule has 12 heteroatoms. The quantitative estimate of drug-likeness (QED) is 0.211. The van der Waals surface area contributed by atoms with Crippen molar-refractivity contribution >= 4 is 12.2 Å². The van der Waals surface area contributed by atoms with Gasteiger partial charge in [0.25, 0.3) is 0 Å². The number of hydrogen-bond acceptors (Lipinski definition) is 8. The predicted molar refractivity (Wildman–Crippen MR) is 199 cm³/mol. The summed E-state index contributed by atoms with van der Waals surface area (Å²) in [5.41, 5.74) is 8.42. The first kappa shape index (κ1) is 35.2. The van der Waals surface area contributed by atoms with Crippen molar-refractivity contribution in [2.45, 2.75) is 104 Å². The van der Waals surface area contributed by atoms with Crippen molar-refractivity contribution in [3.8, 4) is 39.4 Å². The highest BCUT2D eigenvalue weighted by Gasteiger charge is 2.41. The van der Waals surface area contributed by atoms with Gasteiger partial charge in [0.2, 0.25) is 0 Å². The van der Waals surface area contributed by atoms with E-state index in [2.05, 4.69) is 40.3 Å². The summed E-state index contributed by atoms with van der Waals surface area (Å²) in [4.78, 5) is 46.8. The molecular weight excluding hydrogens is 672 g/mol. The third-order valence-corrected chi connectivity index (χ3v) is 10.5. The highest BCUT2D eigenvalue weighted by atomic mass is 16.6. The van der Waals surface area contributed by atoms with E-state index in [1.54, 1.807) is 16.9 Å². The molecule has 280 valence electrons. The molecule has 0 unspecified atom stereocenters. The van der Waals surface area contributed by atoms with Crippen LogP contribution in [0.5, 0.6) is 5.75 Å². The number of fused-ring (bicyclic) bond motifs is 6. The molecule has 5 heterocycles. The molecule has 0 saturated carbocycles. The summed E-state index contributed by atoms with van der Waals surface area (Å²) in [6.45, 7) is 13.6. The molecule has 8 rings (SSSR count). The lowest BCUT2D eigenvalue weighted by Crippen LogP contribution is -2.37. The van der Waals surface area contributed by atoms with Crippen LogP contribution in [0.4, 0.5) is 9.59 Å². The fraction of sp³-hybridized carbons (Fsp3) is 0.512. The largest absolute Gasteiger partial charge is 0.488 e. The lowest BCUT2D eigenvalue weighted by molar-refractivity contribution is 0.0202. The second-order valence-electron chi connectivity index (χ2n) is 16.8. The van der Waals surface area contributed by atoms with Crippen LogP contribution in [0.25, 0.3) is 33.6 Å². The minimum Gasteiger partial charge on any atom is -0.488 e. The summed E-state index contributed by atoms with van der Waals surface area (Å²) in [5.74, 6) is 2.60. The lowest BCUT2D eigenvalue weighted by Gasteiger charge is -2.27. The Bertz CT molecular complexity index is 2050. The Kier molecular flexibility index (Phi) is 8.79. The molecule has 3 atom stereocenters. The molecule has 53 heavy (non-hydrogen) atoms. The fourth-order valence-electron chi connectivity index (χ4n) is 8.24. The maximum absolute atomic E-state index is 13.3. The van der Waals surface area contributed by atoms with E-state index >= 15 is 0 Å². The number of ether oxygens (including phenoxy) is 4. The van der Waals surface area contributed by atoms with E-state index in [-0.39, 0.29) is 30.2 Å². The average Bonchev–Trinajstić information content (AvgIpc) is 3.91. The molecule has 4 aliphatic rings. The maximum Gasteiger partial charge on any atom is 0.410 e. The number of carbonyl (C=O) groups is 2. The van der Waals surface area contributed by atoms with Crippen molar-refractivity contribution in [1.82, 2.24) is 29.7 Å². The van der Waals surface area contributed by atoms with Crippen LogP contribution in [0.2, 0.25) is 0 Å². The first-order valence-electron chi connectivity index (χ1n) is 18.8. The highest BCUT2D eigenvalue weighted by molar-refractivity contribution is 5.83. The Labute approximate surface area is 310 Å². The van der Waals surface area contributed by atoms with E-state index in [0.29, 0.717) is 26.3 Å². The van der Waals surface area contributed by atoms with E-state index in [0.717, 1.165) is 94.4 Å². The standard InChI is InChI=1S/C41H50N6O6/c1-40(2,3)52-38(48)46-14-8-9-32(46)36-42-19-31(44-36)25-10-12-27-26(16-25)22-51-34-18-28-24(17-29(27)34)11-13-30-35(28)45-37(43-30)33-15-23(21-50-7)20-47(33)39(49)53-41(4,5)6/h10,12,16-19,23,32-33H,8-9,11,13-15,20-22H2,1-7H3,(H,42,44)(H,43,45)/t23-,32-,33-/m0/s1. The van der Waals surface area contributed by atoms with Crippen molar-refractivity contribution in [3.05, 3.63) is 65.0 Å². The van der Waals surface area contributed by atoms with Crippen LogP contribution >= 0.6 is 0 Å². The zero-order valence-electron chi connectivity index (χ0n) is 31.8. The number of hydrogen-bond donors (Lipinski definition) is 2. The number of rotatable bonds is 5. The third kappa shape index (κ3) is 6.89. The van der Waals surface area contributed by atoms with E-state index in [4.69, 9.17) is 28.9 Å². The topological polar surface area (TPSA) is 135 Å². The molecule has 12 nitrogen and oxygen atoms in total. The molecule has 0 radical (unpaired) electrons. The molecule has 2 fully saturated rings. The lowest BCUT2D eigenvalue weighted by atomic mass is 9.86. The molecule has 4 aromatic rings. The van der Waals surface area contributed by atoms with Gasteiger partial charge in [-0.05, 0) is 114 Å². The smallest absolute Gasteiger partial charge is 0.410 e. The number of amides is 2. The number of methoxy groups -OCH3 is 1. The molecule has 2 amide bonds. The molecule has 2 N–H and O–H groups in total. The molecular formula is C41H50N6O6. The second-order valence-corrected chi connectivity index (χ2v) is 16.8. The summed E-state index contributed by atoms with van der Waals surface area (Å²) in [5, 5.41) is 0. The second kappa shape index (κ2) is 13.2. The van der Waals surface area contributed by atoms with Crippen LogP contribution in [0.3, 0.4) is 0 Å². The number of likely N-dealkylation sites (tertiary alicyclic amines) is 2. The number of imidazole rings is 2. The highest BCUT2D eigenvalue weighted by Crippen LogP contribution is 2.46. The fourth-order valence-corrected chi connectivity index (χ4v) is 8.24. The SMILES string of the molecule is COC[C@H]1C[C@@H](c2nc3c([nH]2)CCc2cc4c(cc2-3)OCc2cc(-c3cnc([C@@H]5CCCN5C(=O)OC(C)(C)C)[nH]3)ccc2-4)N(C(=O)OC(C)(C)C)C1. The zero-order chi connectivity index (χ0) is 37.2. The Morgan fingerprint density at radius 3 is 2.42 bits per heavy atom. The van der Waals surface area contributed by atoms with E-state index in [9.17, 15) is 9.59 Å². The van der Waals surface area contributed by atoms with Crippen molar-refractivity contribution in [3.63, 3.8) is 0 Å². The van der Waals surface area contributed by atoms with Gasteiger partial charge in [-0.2, -0.15) is 0 Å². The summed E-state index contributed by atoms with van der Waals surface area (Å²) in [6, 6.07) is 10.5. The number of benzene rings is 2. The van der Waals surface area contributed by atoms with Crippen molar-refractivity contribution in [2.75, 3.05) is 26.8 Å². The van der Waals surface area contributed by atoms with Crippen LogP contribution < -0.4 is 4.74 Å². The van der Waals surface area contributed by atoms with E-state index in [1.807, 2.05) is 47.7 Å². The number of aromatic amines is 2. The minimum absolute atomic E-state index is 0.140. The van der Waals surface area contributed by atoms with Crippen molar-refractivity contribution in [1.29, 1.82) is 0 Å². The molecule has 0 spiro atoms. The van der Waals surface area contributed by atoms with Crippen molar-refractivity contribution in [2.24, 2.45) is 5.92 Å². The summed E-state index contributed by atoms with van der Waals surface area (Å²) in [6.07, 6.45) is 5.42. The van der Waals surface area contributed by atoms with Crippen LogP contribution in [0.15, 0.2) is 36.5 Å². The van der Waals surface area contributed by atoms with Crippen LogP contribution in [-0.4, -0.2) is 79.9 Å². The molecule has 1 aliphatic carbocycles. The number of H-pyrrole nitrogens is 2. The zero-order valence-corrected chi connectivity index (χ0v) is 31.8. The van der Waals surface area contributed by atoms with Gasteiger partial charge in [0.1, 0.15) is 35.2 Å². The van der Waals surface area contributed by atoms with Gasteiger partial charge in [0.05, 0.1) is 36.3 Å². The van der Waals surface area contributed by atoms with Gasteiger partial charge in [0, 0.05) is 42.9 Å². The van der Waals surface area contributed by atoms with Gasteiger partial charge < -0.3 is 28.9 Å². The molecule has 2 saturated heterocycles. The Morgan fingerprint density at radius 2 is 1.66 bits per heavy atom. The predicted octanol–water partition coefficient (Wildman–Crippen LogP) is 8.14. The molecule has 3 aliphatic heterocycles. The van der Waals surface area contributed by atoms with Gasteiger partial charge in [-0.3, -0.25) is 9.80 Å². The maximum atomic E-state index is 13.3. The Balaban J connectivity index is 1.04. The first-order chi connectivity index (χ1) is 25.2. The number of carbonyl (C=O) groups excluding carboxylic acids is 2. The number of nitrogens with zero attached hydrogens (tertiary/aromatic N) is 4. The average molecular weight is 723 g/mol. The van der Waals surface area contributed by atoms with Gasteiger partial charge >= 0.3 is 12.2 Å². The number of aryl methyl sites for hydroxylation is 2. The van der Waals surface area contributed by atoms with E-state index in [1.165, 1.54) is 5.56 Å². The van der Waals surface area contributed by atoms with Crippen LogP contribution in [0.1, 0.15) is 101 Å². The molecule has 2 aromatic carbocycles. The normalized spacial score (nSPS) is 20.7. The van der Waals surface area contributed by atoms with Crippen molar-refractivity contribution < 1.29 is 28.5 Å². The van der Waals surface area contributed by atoms with Crippen LogP contribution in [0, 0.1) is 5.92 Å². The van der Waals surface area contributed by atoms with Crippen LogP contribution in [-0.2, 0) is 33.7 Å². The monoisotopic (exact) mass is 722 g/mol. The summed E-state index contributed by atoms with van der Waals surface area (Å²) in [7, 11) is 1.70. The third-order valence-electron chi connectivity index (χ3n) is 10.5. The van der Waals surface area contributed by atoms with Gasteiger partial charge in [-0.1, -0.05) is 12.1 Å². The summed E-state index contributed by atoms with van der Waals surface area (Å²) >= 11 is 0. The molecule has 0 bridgehead atoms. The van der Waals surface area contributed by atoms with Gasteiger partial charge in [-0.15, -0.1) is 0 Å². The minimum atomic E-state index is -0.591. The Hall–Kier alpha value is -4.84. The van der Waals surface area contributed by atoms with E-state index < -0.39 is 11.2 Å². The molecule has 2 aromatic heterocycles.